The maximum absolute atomic E-state index is 9.71. The number of ether oxygens (including phenoxy) is 1. The number of hydrogen-bond acceptors (Lipinski definition) is 3. The number of aliphatic hydroxyl groups excluding tert-OH is 2. The van der Waals surface area contributed by atoms with Gasteiger partial charge in [0.05, 0.1) is 18.3 Å². The first kappa shape index (κ1) is 11.4. The van der Waals surface area contributed by atoms with E-state index < -0.39 is 12.2 Å². The Morgan fingerprint density at radius 1 is 1.20 bits per heavy atom. The van der Waals surface area contributed by atoms with Gasteiger partial charge in [-0.2, -0.15) is 0 Å². The van der Waals surface area contributed by atoms with Gasteiger partial charge in [0.1, 0.15) is 0 Å². The minimum absolute atomic E-state index is 0.378. The van der Waals surface area contributed by atoms with Crippen LogP contribution in [-0.2, 0) is 4.74 Å². The summed E-state index contributed by atoms with van der Waals surface area (Å²) in [5, 5.41) is 19.4. The lowest BCUT2D eigenvalue weighted by Crippen LogP contribution is -2.27. The van der Waals surface area contributed by atoms with Gasteiger partial charge in [0.15, 0.2) is 0 Å². The van der Waals surface area contributed by atoms with E-state index >= 15 is 0 Å². The minimum atomic E-state index is -0.515. The van der Waals surface area contributed by atoms with E-state index in [2.05, 4.69) is 0 Å². The van der Waals surface area contributed by atoms with Crippen LogP contribution in [0.3, 0.4) is 0 Å². The number of hydrogen-bond donors (Lipinski definition) is 2. The van der Waals surface area contributed by atoms with E-state index in [1.165, 1.54) is 12.8 Å². The molecular formula is C12H22O3. The predicted molar refractivity (Wildman–Crippen MR) is 57.6 cm³/mol. The fourth-order valence-electron chi connectivity index (χ4n) is 2.35. The Morgan fingerprint density at radius 3 is 2.60 bits per heavy atom. The van der Waals surface area contributed by atoms with Crippen LogP contribution in [0.2, 0.25) is 0 Å². The van der Waals surface area contributed by atoms with E-state index in [9.17, 15) is 10.2 Å². The first-order valence-electron chi connectivity index (χ1n) is 6.25. The molecule has 15 heavy (non-hydrogen) atoms. The maximum atomic E-state index is 9.71. The van der Waals surface area contributed by atoms with Crippen molar-refractivity contribution in [2.75, 3.05) is 6.61 Å². The molecule has 1 heterocycles. The van der Waals surface area contributed by atoms with Gasteiger partial charge in [-0.25, -0.2) is 0 Å². The van der Waals surface area contributed by atoms with Gasteiger partial charge in [0, 0.05) is 6.61 Å². The van der Waals surface area contributed by atoms with E-state index in [1.54, 1.807) is 0 Å². The Hall–Kier alpha value is -0.120. The summed E-state index contributed by atoms with van der Waals surface area (Å²) in [5.74, 6) is 0.378. The molecule has 0 aromatic heterocycles. The average Bonchev–Trinajstić information content (AvgIpc) is 2.96. The van der Waals surface area contributed by atoms with Crippen LogP contribution < -0.4 is 0 Å². The largest absolute Gasteiger partial charge is 0.390 e. The van der Waals surface area contributed by atoms with Crippen LogP contribution in [0.5, 0.6) is 0 Å². The van der Waals surface area contributed by atoms with Crippen LogP contribution in [0.1, 0.15) is 44.9 Å². The highest BCUT2D eigenvalue weighted by Gasteiger charge is 2.34. The lowest BCUT2D eigenvalue weighted by Gasteiger charge is -2.17. The van der Waals surface area contributed by atoms with Crippen LogP contribution in [-0.4, -0.2) is 35.1 Å². The van der Waals surface area contributed by atoms with Gasteiger partial charge in [0.25, 0.3) is 0 Å². The van der Waals surface area contributed by atoms with Crippen LogP contribution in [0.15, 0.2) is 0 Å². The quantitative estimate of drug-likeness (QED) is 0.704. The highest BCUT2D eigenvalue weighted by molar-refractivity contribution is 4.85. The van der Waals surface area contributed by atoms with Crippen LogP contribution >= 0.6 is 0 Å². The summed E-state index contributed by atoms with van der Waals surface area (Å²) in [6, 6.07) is 0. The molecule has 2 rings (SSSR count). The molecule has 2 fully saturated rings. The Bertz CT molecular complexity index is 185. The molecule has 3 nitrogen and oxygen atoms in total. The standard InChI is InChI=1S/C12H22O3/c13-11(12(14)9-6-7-9)5-1-3-10-4-2-8-15-10/h9-14H,1-8H2. The Kier molecular flexibility index (Phi) is 4.00. The molecule has 1 aliphatic carbocycles. The van der Waals surface area contributed by atoms with E-state index in [1.807, 2.05) is 0 Å². The second-order valence-electron chi connectivity index (χ2n) is 4.96. The SMILES string of the molecule is OC(CCCC1CCCO1)C(O)C1CC1. The Morgan fingerprint density at radius 2 is 2.00 bits per heavy atom. The molecule has 1 aliphatic heterocycles. The van der Waals surface area contributed by atoms with Gasteiger partial charge in [0.2, 0.25) is 0 Å². The summed E-state index contributed by atoms with van der Waals surface area (Å²) in [6.07, 6.45) is 6.66. The van der Waals surface area contributed by atoms with E-state index in [4.69, 9.17) is 4.74 Å². The molecule has 0 amide bonds. The van der Waals surface area contributed by atoms with Gasteiger partial charge in [-0.15, -0.1) is 0 Å². The fourth-order valence-corrected chi connectivity index (χ4v) is 2.35. The van der Waals surface area contributed by atoms with Crippen molar-refractivity contribution in [2.45, 2.75) is 63.3 Å². The summed E-state index contributed by atoms with van der Waals surface area (Å²) in [4.78, 5) is 0. The second kappa shape index (κ2) is 5.28. The molecule has 2 aliphatic rings. The zero-order valence-corrected chi connectivity index (χ0v) is 9.27. The van der Waals surface area contributed by atoms with Crippen molar-refractivity contribution >= 4 is 0 Å². The van der Waals surface area contributed by atoms with Gasteiger partial charge < -0.3 is 14.9 Å². The summed E-state index contributed by atoms with van der Waals surface area (Å²) >= 11 is 0. The first-order valence-corrected chi connectivity index (χ1v) is 6.25. The smallest absolute Gasteiger partial charge is 0.0827 e. The molecule has 1 saturated carbocycles. The summed E-state index contributed by atoms with van der Waals surface area (Å²) in [6.45, 7) is 0.901. The van der Waals surface area contributed by atoms with Gasteiger partial charge in [-0.3, -0.25) is 0 Å². The normalized spacial score (nSPS) is 30.4. The molecule has 1 saturated heterocycles. The molecule has 0 bridgehead atoms. The minimum Gasteiger partial charge on any atom is -0.390 e. The molecule has 0 spiro atoms. The van der Waals surface area contributed by atoms with Gasteiger partial charge in [-0.05, 0) is 50.9 Å². The molecule has 0 radical (unpaired) electrons. The number of rotatable bonds is 6. The maximum Gasteiger partial charge on any atom is 0.0827 e. The second-order valence-corrected chi connectivity index (χ2v) is 4.96. The molecule has 3 heteroatoms. The lowest BCUT2D eigenvalue weighted by atomic mass is 10.0. The Labute approximate surface area is 91.4 Å². The zero-order chi connectivity index (χ0) is 10.7. The lowest BCUT2D eigenvalue weighted by molar-refractivity contribution is -0.00201. The summed E-state index contributed by atoms with van der Waals surface area (Å²) in [7, 11) is 0. The highest BCUT2D eigenvalue weighted by Crippen LogP contribution is 2.34. The van der Waals surface area contributed by atoms with Crippen molar-refractivity contribution in [3.8, 4) is 0 Å². The predicted octanol–water partition coefficient (Wildman–Crippen LogP) is 1.47. The third-order valence-corrected chi connectivity index (χ3v) is 3.55. The monoisotopic (exact) mass is 214 g/mol. The van der Waals surface area contributed by atoms with Gasteiger partial charge >= 0.3 is 0 Å². The van der Waals surface area contributed by atoms with Crippen molar-refractivity contribution < 1.29 is 14.9 Å². The molecule has 88 valence electrons. The number of aliphatic hydroxyl groups is 2. The first-order chi connectivity index (χ1) is 7.27. The van der Waals surface area contributed by atoms with Crippen molar-refractivity contribution in [2.24, 2.45) is 5.92 Å². The third-order valence-electron chi connectivity index (χ3n) is 3.55. The van der Waals surface area contributed by atoms with Crippen LogP contribution in [0.4, 0.5) is 0 Å². The molecule has 3 atom stereocenters. The van der Waals surface area contributed by atoms with E-state index in [0.29, 0.717) is 12.0 Å². The van der Waals surface area contributed by atoms with Crippen molar-refractivity contribution in [3.05, 3.63) is 0 Å². The molecule has 2 N–H and O–H groups in total. The molecule has 0 aromatic rings. The zero-order valence-electron chi connectivity index (χ0n) is 9.27. The fraction of sp³-hybridized carbons (Fsp3) is 1.00. The molecular weight excluding hydrogens is 192 g/mol. The summed E-state index contributed by atoms with van der Waals surface area (Å²) in [5.41, 5.74) is 0. The molecule has 0 aromatic carbocycles. The van der Waals surface area contributed by atoms with Crippen molar-refractivity contribution in [1.29, 1.82) is 0 Å². The van der Waals surface area contributed by atoms with Crippen molar-refractivity contribution in [3.63, 3.8) is 0 Å². The highest BCUT2D eigenvalue weighted by atomic mass is 16.5. The topological polar surface area (TPSA) is 49.7 Å². The average molecular weight is 214 g/mol. The van der Waals surface area contributed by atoms with E-state index in [0.717, 1.165) is 38.7 Å². The molecule has 3 unspecified atom stereocenters. The Balaban J connectivity index is 1.55. The van der Waals surface area contributed by atoms with Crippen LogP contribution in [0, 0.1) is 5.92 Å². The van der Waals surface area contributed by atoms with Gasteiger partial charge in [-0.1, -0.05) is 0 Å². The third kappa shape index (κ3) is 3.44. The summed E-state index contributed by atoms with van der Waals surface area (Å²) < 4.78 is 5.51. The van der Waals surface area contributed by atoms with E-state index in [-0.39, 0.29) is 0 Å². The van der Waals surface area contributed by atoms with Crippen LogP contribution in [0.25, 0.3) is 0 Å². The van der Waals surface area contributed by atoms with Crippen molar-refractivity contribution in [1.82, 2.24) is 0 Å².